The van der Waals surface area contributed by atoms with Gasteiger partial charge in [-0.05, 0) is 24.3 Å². The molecule has 82 valence electrons. The summed E-state index contributed by atoms with van der Waals surface area (Å²) in [7, 11) is 0. The van der Waals surface area contributed by atoms with Crippen molar-refractivity contribution in [1.82, 2.24) is 9.97 Å². The van der Waals surface area contributed by atoms with E-state index in [1.165, 1.54) is 18.3 Å². The second-order valence-corrected chi connectivity index (χ2v) is 3.34. The van der Waals surface area contributed by atoms with E-state index in [0.717, 1.165) is 5.56 Å². The third kappa shape index (κ3) is 1.94. The van der Waals surface area contributed by atoms with Crippen LogP contribution in [0.15, 0.2) is 35.3 Å². The summed E-state index contributed by atoms with van der Waals surface area (Å²) in [6.07, 6.45) is 1.46. The summed E-state index contributed by atoms with van der Waals surface area (Å²) < 4.78 is 0. The summed E-state index contributed by atoms with van der Waals surface area (Å²) >= 11 is 0. The number of aromatic nitrogens is 2. The SMILES string of the molecule is NCc1cnc(-c2ccc(O)cc2)[nH]c1=O. The molecule has 0 fully saturated rings. The Bertz CT molecular complexity index is 546. The second kappa shape index (κ2) is 4.16. The van der Waals surface area contributed by atoms with Crippen LogP contribution in [-0.2, 0) is 6.54 Å². The standard InChI is InChI=1S/C11H11N3O2/c12-5-8-6-13-10(14-11(8)16)7-1-3-9(15)4-2-7/h1-4,6,15H,5,12H2,(H,13,14,16). The van der Waals surface area contributed by atoms with Crippen LogP contribution in [0.4, 0.5) is 0 Å². The number of nitrogens with one attached hydrogen (secondary N) is 1. The van der Waals surface area contributed by atoms with Crippen molar-refractivity contribution in [2.45, 2.75) is 6.54 Å². The maximum Gasteiger partial charge on any atom is 0.255 e. The van der Waals surface area contributed by atoms with E-state index in [4.69, 9.17) is 10.8 Å². The summed E-state index contributed by atoms with van der Waals surface area (Å²) in [4.78, 5) is 18.2. The van der Waals surface area contributed by atoms with E-state index in [1.54, 1.807) is 12.1 Å². The Balaban J connectivity index is 2.45. The predicted molar refractivity (Wildman–Crippen MR) is 59.8 cm³/mol. The van der Waals surface area contributed by atoms with E-state index >= 15 is 0 Å². The van der Waals surface area contributed by atoms with Crippen LogP contribution in [0, 0.1) is 0 Å². The van der Waals surface area contributed by atoms with Crippen LogP contribution in [0.5, 0.6) is 5.75 Å². The Kier molecular flexibility index (Phi) is 2.70. The van der Waals surface area contributed by atoms with Gasteiger partial charge < -0.3 is 15.8 Å². The number of phenolic OH excluding ortho intramolecular Hbond substituents is 1. The van der Waals surface area contributed by atoms with Crippen LogP contribution in [-0.4, -0.2) is 15.1 Å². The summed E-state index contributed by atoms with van der Waals surface area (Å²) in [6, 6.07) is 6.42. The summed E-state index contributed by atoms with van der Waals surface area (Å²) in [5, 5.41) is 9.13. The van der Waals surface area contributed by atoms with E-state index in [0.29, 0.717) is 11.4 Å². The predicted octanol–water partition coefficient (Wildman–Crippen LogP) is 0.601. The van der Waals surface area contributed by atoms with Crippen molar-refractivity contribution in [3.63, 3.8) is 0 Å². The highest BCUT2D eigenvalue weighted by molar-refractivity contribution is 5.55. The highest BCUT2D eigenvalue weighted by atomic mass is 16.3. The zero-order chi connectivity index (χ0) is 11.5. The summed E-state index contributed by atoms with van der Waals surface area (Å²) in [5.41, 5.74) is 6.31. The number of nitrogens with two attached hydrogens (primary N) is 1. The van der Waals surface area contributed by atoms with Crippen molar-refractivity contribution in [3.8, 4) is 17.1 Å². The molecule has 0 aliphatic heterocycles. The Hall–Kier alpha value is -2.14. The van der Waals surface area contributed by atoms with Gasteiger partial charge in [0, 0.05) is 23.9 Å². The first-order valence-corrected chi connectivity index (χ1v) is 4.78. The zero-order valence-corrected chi connectivity index (χ0v) is 8.47. The van der Waals surface area contributed by atoms with Crippen molar-refractivity contribution in [1.29, 1.82) is 0 Å². The lowest BCUT2D eigenvalue weighted by Gasteiger charge is -2.01. The first kappa shape index (κ1) is 10.4. The molecule has 2 aromatic rings. The average molecular weight is 217 g/mol. The zero-order valence-electron chi connectivity index (χ0n) is 8.47. The van der Waals surface area contributed by atoms with Crippen LogP contribution in [0.2, 0.25) is 0 Å². The van der Waals surface area contributed by atoms with Crippen LogP contribution in [0.1, 0.15) is 5.56 Å². The van der Waals surface area contributed by atoms with Gasteiger partial charge in [0.1, 0.15) is 11.6 Å². The third-order valence-electron chi connectivity index (χ3n) is 2.23. The van der Waals surface area contributed by atoms with Gasteiger partial charge in [-0.1, -0.05) is 0 Å². The van der Waals surface area contributed by atoms with Crippen LogP contribution in [0.3, 0.4) is 0 Å². The van der Waals surface area contributed by atoms with Crippen molar-refractivity contribution in [3.05, 3.63) is 46.4 Å². The van der Waals surface area contributed by atoms with E-state index < -0.39 is 0 Å². The fourth-order valence-electron chi connectivity index (χ4n) is 1.33. The number of phenols is 1. The lowest BCUT2D eigenvalue weighted by Crippen LogP contribution is -2.17. The van der Waals surface area contributed by atoms with Gasteiger partial charge in [0.15, 0.2) is 0 Å². The maximum atomic E-state index is 11.5. The maximum absolute atomic E-state index is 11.5. The van der Waals surface area contributed by atoms with E-state index in [-0.39, 0.29) is 17.9 Å². The molecule has 2 rings (SSSR count). The molecule has 16 heavy (non-hydrogen) atoms. The number of aromatic amines is 1. The van der Waals surface area contributed by atoms with Gasteiger partial charge in [-0.2, -0.15) is 0 Å². The molecule has 0 spiro atoms. The number of hydrogen-bond donors (Lipinski definition) is 3. The van der Waals surface area contributed by atoms with E-state index in [2.05, 4.69) is 9.97 Å². The fourth-order valence-corrected chi connectivity index (χ4v) is 1.33. The molecule has 0 saturated carbocycles. The molecule has 0 bridgehead atoms. The molecular weight excluding hydrogens is 206 g/mol. The number of benzene rings is 1. The molecule has 0 radical (unpaired) electrons. The van der Waals surface area contributed by atoms with Gasteiger partial charge in [-0.15, -0.1) is 0 Å². The van der Waals surface area contributed by atoms with Gasteiger partial charge in [-0.25, -0.2) is 4.98 Å². The van der Waals surface area contributed by atoms with E-state index in [1.807, 2.05) is 0 Å². The Labute approximate surface area is 91.6 Å². The lowest BCUT2D eigenvalue weighted by atomic mass is 10.2. The largest absolute Gasteiger partial charge is 0.508 e. The Morgan fingerprint density at radius 3 is 2.56 bits per heavy atom. The smallest absolute Gasteiger partial charge is 0.255 e. The molecule has 1 aromatic heterocycles. The Morgan fingerprint density at radius 1 is 1.31 bits per heavy atom. The molecule has 1 aromatic carbocycles. The number of aromatic hydroxyl groups is 1. The third-order valence-corrected chi connectivity index (χ3v) is 2.23. The minimum Gasteiger partial charge on any atom is -0.508 e. The molecule has 0 atom stereocenters. The van der Waals surface area contributed by atoms with Gasteiger partial charge in [0.2, 0.25) is 0 Å². The molecule has 0 aliphatic carbocycles. The van der Waals surface area contributed by atoms with Gasteiger partial charge in [0.05, 0.1) is 0 Å². The molecule has 5 heteroatoms. The number of rotatable bonds is 2. The molecule has 1 heterocycles. The van der Waals surface area contributed by atoms with Crippen LogP contribution < -0.4 is 11.3 Å². The molecule has 0 amide bonds. The molecule has 5 nitrogen and oxygen atoms in total. The first-order valence-electron chi connectivity index (χ1n) is 4.78. The van der Waals surface area contributed by atoms with Gasteiger partial charge in [-0.3, -0.25) is 4.79 Å². The van der Waals surface area contributed by atoms with Crippen molar-refractivity contribution >= 4 is 0 Å². The molecule has 0 unspecified atom stereocenters. The van der Waals surface area contributed by atoms with Crippen molar-refractivity contribution < 1.29 is 5.11 Å². The van der Waals surface area contributed by atoms with Crippen molar-refractivity contribution in [2.75, 3.05) is 0 Å². The minimum absolute atomic E-state index is 0.165. The molecule has 0 saturated heterocycles. The average Bonchev–Trinajstić information content (AvgIpc) is 2.30. The second-order valence-electron chi connectivity index (χ2n) is 3.34. The number of hydrogen-bond acceptors (Lipinski definition) is 4. The van der Waals surface area contributed by atoms with E-state index in [9.17, 15) is 4.79 Å². The molecule has 4 N–H and O–H groups in total. The highest BCUT2D eigenvalue weighted by Crippen LogP contribution is 2.16. The van der Waals surface area contributed by atoms with Gasteiger partial charge >= 0.3 is 0 Å². The monoisotopic (exact) mass is 217 g/mol. The molecule has 0 aliphatic rings. The Morgan fingerprint density at radius 2 is 2.00 bits per heavy atom. The number of H-pyrrole nitrogens is 1. The minimum atomic E-state index is -0.236. The topological polar surface area (TPSA) is 92.0 Å². The number of nitrogens with zero attached hydrogens (tertiary/aromatic N) is 1. The summed E-state index contributed by atoms with van der Waals surface area (Å²) in [6.45, 7) is 0.165. The fraction of sp³-hybridized carbons (Fsp3) is 0.0909. The summed E-state index contributed by atoms with van der Waals surface area (Å²) in [5.74, 6) is 0.631. The van der Waals surface area contributed by atoms with Crippen molar-refractivity contribution in [2.24, 2.45) is 5.73 Å². The van der Waals surface area contributed by atoms with Crippen LogP contribution >= 0.6 is 0 Å². The highest BCUT2D eigenvalue weighted by Gasteiger charge is 2.03. The lowest BCUT2D eigenvalue weighted by molar-refractivity contribution is 0.475. The van der Waals surface area contributed by atoms with Gasteiger partial charge in [0.25, 0.3) is 5.56 Å². The first-order chi connectivity index (χ1) is 7.70. The quantitative estimate of drug-likeness (QED) is 0.686. The normalized spacial score (nSPS) is 10.3. The molecular formula is C11H11N3O2. The van der Waals surface area contributed by atoms with Crippen LogP contribution in [0.25, 0.3) is 11.4 Å².